The zero-order chi connectivity index (χ0) is 12.5. The number of nitrogens with zero attached hydrogens (tertiary/aromatic N) is 4. The molecule has 1 atom stereocenters. The van der Waals surface area contributed by atoms with Crippen molar-refractivity contribution in [2.24, 2.45) is 7.05 Å². The third-order valence-corrected chi connectivity index (χ3v) is 2.85. The third kappa shape index (κ3) is 1.92. The Kier molecular flexibility index (Phi) is 2.67. The number of hydrogen-bond acceptors (Lipinski definition) is 6. The average molecular weight is 248 g/mol. The molecule has 1 saturated heterocycles. The first-order valence-corrected chi connectivity index (χ1v) is 5.68. The van der Waals surface area contributed by atoms with E-state index in [9.17, 15) is 4.79 Å². The van der Waals surface area contributed by atoms with E-state index in [2.05, 4.69) is 15.2 Å². The van der Waals surface area contributed by atoms with Gasteiger partial charge >= 0.3 is 0 Å². The smallest absolute Gasteiger partial charge is 0.239 e. The standard InChI is InChI=1S/C11H12N4O3/c1-15-4-2-8(13-15)10-12-11(18-14-10)7-6-17-5-3-9(7)16/h2,4,7H,3,5-6H2,1H3. The van der Waals surface area contributed by atoms with E-state index in [1.54, 1.807) is 16.9 Å². The lowest BCUT2D eigenvalue weighted by atomic mass is 10.0. The fourth-order valence-electron chi connectivity index (χ4n) is 1.87. The quantitative estimate of drug-likeness (QED) is 0.771. The third-order valence-electron chi connectivity index (χ3n) is 2.85. The van der Waals surface area contributed by atoms with Crippen molar-refractivity contribution in [3.63, 3.8) is 0 Å². The van der Waals surface area contributed by atoms with Gasteiger partial charge in [-0.25, -0.2) is 0 Å². The highest BCUT2D eigenvalue weighted by molar-refractivity contribution is 5.85. The minimum absolute atomic E-state index is 0.0810. The van der Waals surface area contributed by atoms with Crippen molar-refractivity contribution >= 4 is 5.78 Å². The van der Waals surface area contributed by atoms with Gasteiger partial charge in [0.05, 0.1) is 13.2 Å². The number of rotatable bonds is 2. The fourth-order valence-corrected chi connectivity index (χ4v) is 1.87. The summed E-state index contributed by atoms with van der Waals surface area (Å²) in [5.74, 6) is 0.338. The number of aryl methyl sites for hydroxylation is 1. The summed E-state index contributed by atoms with van der Waals surface area (Å²) in [5, 5.41) is 8.01. The fraction of sp³-hybridized carbons (Fsp3) is 0.455. The monoisotopic (exact) mass is 248 g/mol. The Morgan fingerprint density at radius 1 is 1.50 bits per heavy atom. The van der Waals surface area contributed by atoms with Crippen molar-refractivity contribution in [2.75, 3.05) is 13.2 Å². The minimum atomic E-state index is -0.441. The van der Waals surface area contributed by atoms with Crippen LogP contribution in [-0.4, -0.2) is 38.9 Å². The second-order valence-electron chi connectivity index (χ2n) is 4.17. The first-order valence-electron chi connectivity index (χ1n) is 5.68. The first kappa shape index (κ1) is 11.1. The van der Waals surface area contributed by atoms with Crippen molar-refractivity contribution in [3.05, 3.63) is 18.2 Å². The summed E-state index contributed by atoms with van der Waals surface area (Å²) >= 11 is 0. The molecule has 94 valence electrons. The molecule has 0 N–H and O–H groups in total. The number of aromatic nitrogens is 4. The van der Waals surface area contributed by atoms with Crippen LogP contribution in [0.4, 0.5) is 0 Å². The van der Waals surface area contributed by atoms with Crippen molar-refractivity contribution in [3.8, 4) is 11.5 Å². The van der Waals surface area contributed by atoms with E-state index in [4.69, 9.17) is 9.26 Å². The molecule has 0 aromatic carbocycles. The molecule has 3 rings (SSSR count). The molecule has 0 aliphatic carbocycles. The van der Waals surface area contributed by atoms with Crippen LogP contribution in [0.2, 0.25) is 0 Å². The second-order valence-corrected chi connectivity index (χ2v) is 4.17. The topological polar surface area (TPSA) is 83.0 Å². The van der Waals surface area contributed by atoms with Crippen molar-refractivity contribution in [1.82, 2.24) is 19.9 Å². The van der Waals surface area contributed by atoms with Gasteiger partial charge < -0.3 is 9.26 Å². The Labute approximate surface area is 103 Å². The lowest BCUT2D eigenvalue weighted by Crippen LogP contribution is -2.25. The molecule has 7 nitrogen and oxygen atoms in total. The van der Waals surface area contributed by atoms with E-state index >= 15 is 0 Å². The summed E-state index contributed by atoms with van der Waals surface area (Å²) in [7, 11) is 1.81. The van der Waals surface area contributed by atoms with Gasteiger partial charge in [-0.15, -0.1) is 0 Å². The van der Waals surface area contributed by atoms with E-state index in [1.165, 1.54) is 0 Å². The second kappa shape index (κ2) is 4.34. The first-order chi connectivity index (χ1) is 8.74. The van der Waals surface area contributed by atoms with Gasteiger partial charge in [-0.2, -0.15) is 10.1 Å². The summed E-state index contributed by atoms with van der Waals surface area (Å²) in [6, 6.07) is 1.79. The van der Waals surface area contributed by atoms with Crippen LogP contribution in [-0.2, 0) is 16.6 Å². The van der Waals surface area contributed by atoms with Crippen molar-refractivity contribution < 1.29 is 14.1 Å². The molecule has 0 saturated carbocycles. The Morgan fingerprint density at radius 3 is 3.11 bits per heavy atom. The highest BCUT2D eigenvalue weighted by atomic mass is 16.5. The zero-order valence-corrected chi connectivity index (χ0v) is 9.87. The van der Waals surface area contributed by atoms with Crippen molar-refractivity contribution in [1.29, 1.82) is 0 Å². The maximum atomic E-state index is 11.7. The van der Waals surface area contributed by atoms with E-state index in [0.29, 0.717) is 37.0 Å². The molecule has 0 bridgehead atoms. The normalized spacial score (nSPS) is 20.3. The number of ketones is 1. The summed E-state index contributed by atoms with van der Waals surface area (Å²) in [6.07, 6.45) is 2.19. The molecule has 0 amide bonds. The molecule has 0 spiro atoms. The zero-order valence-electron chi connectivity index (χ0n) is 9.87. The maximum absolute atomic E-state index is 11.7. The molecule has 1 fully saturated rings. The summed E-state index contributed by atoms with van der Waals surface area (Å²) in [6.45, 7) is 0.777. The predicted octanol–water partition coefficient (Wildman–Crippen LogP) is 0.543. The van der Waals surface area contributed by atoms with Crippen LogP contribution in [0.3, 0.4) is 0 Å². The van der Waals surface area contributed by atoms with Crippen LogP contribution < -0.4 is 0 Å². The van der Waals surface area contributed by atoms with Gasteiger partial charge in [0.25, 0.3) is 0 Å². The summed E-state index contributed by atoms with van der Waals surface area (Å²) < 4.78 is 12.0. The van der Waals surface area contributed by atoms with Crippen LogP contribution in [0.25, 0.3) is 11.5 Å². The van der Waals surface area contributed by atoms with Gasteiger partial charge in [0.2, 0.25) is 11.7 Å². The maximum Gasteiger partial charge on any atom is 0.239 e. The molecule has 3 heterocycles. The number of Topliss-reactive ketones (excluding diaryl/α,β-unsaturated/α-hetero) is 1. The van der Waals surface area contributed by atoms with Crippen LogP contribution in [0.15, 0.2) is 16.8 Å². The highest BCUT2D eigenvalue weighted by Crippen LogP contribution is 2.23. The van der Waals surface area contributed by atoms with Gasteiger partial charge in [0.15, 0.2) is 0 Å². The van der Waals surface area contributed by atoms with Crippen LogP contribution in [0.5, 0.6) is 0 Å². The van der Waals surface area contributed by atoms with Gasteiger partial charge in [-0.05, 0) is 6.07 Å². The summed E-state index contributed by atoms with van der Waals surface area (Å²) in [4.78, 5) is 15.9. The number of carbonyl (C=O) groups is 1. The van der Waals surface area contributed by atoms with Gasteiger partial charge in [-0.1, -0.05) is 5.16 Å². The lowest BCUT2D eigenvalue weighted by Gasteiger charge is -2.16. The SMILES string of the molecule is Cn1ccc(-c2noc(C3COCCC3=O)n2)n1. The lowest BCUT2D eigenvalue weighted by molar-refractivity contribution is -0.127. The molecule has 2 aromatic heterocycles. The van der Waals surface area contributed by atoms with Crippen molar-refractivity contribution in [2.45, 2.75) is 12.3 Å². The van der Waals surface area contributed by atoms with E-state index in [0.717, 1.165) is 0 Å². The molecule has 7 heteroatoms. The molecule has 0 radical (unpaired) electrons. The van der Waals surface area contributed by atoms with E-state index in [-0.39, 0.29) is 5.78 Å². The molecule has 1 aliphatic heterocycles. The van der Waals surface area contributed by atoms with Gasteiger partial charge in [-0.3, -0.25) is 9.48 Å². The Bertz CT molecular complexity index is 574. The van der Waals surface area contributed by atoms with Gasteiger partial charge in [0.1, 0.15) is 17.4 Å². The van der Waals surface area contributed by atoms with E-state index < -0.39 is 5.92 Å². The van der Waals surface area contributed by atoms with E-state index in [1.807, 2.05) is 7.05 Å². The Hall–Kier alpha value is -2.02. The molecule has 1 aliphatic rings. The average Bonchev–Trinajstić information content (AvgIpc) is 2.98. The van der Waals surface area contributed by atoms with Crippen LogP contribution in [0.1, 0.15) is 18.2 Å². The van der Waals surface area contributed by atoms with Gasteiger partial charge in [0, 0.05) is 19.7 Å². The Morgan fingerprint density at radius 2 is 2.39 bits per heavy atom. The largest absolute Gasteiger partial charge is 0.380 e. The van der Waals surface area contributed by atoms with Crippen LogP contribution in [0, 0.1) is 0 Å². The number of ether oxygens (including phenoxy) is 1. The molecule has 1 unspecified atom stereocenters. The number of hydrogen-bond donors (Lipinski definition) is 0. The minimum Gasteiger partial charge on any atom is -0.380 e. The molecular formula is C11H12N4O3. The number of carbonyl (C=O) groups excluding carboxylic acids is 1. The van der Waals surface area contributed by atoms with Crippen LogP contribution >= 0.6 is 0 Å². The Balaban J connectivity index is 1.87. The molecule has 2 aromatic rings. The molecular weight excluding hydrogens is 236 g/mol. The predicted molar refractivity (Wildman–Crippen MR) is 59.7 cm³/mol. The summed E-state index contributed by atoms with van der Waals surface area (Å²) in [5.41, 5.74) is 0.622. The molecule has 18 heavy (non-hydrogen) atoms. The highest BCUT2D eigenvalue weighted by Gasteiger charge is 2.30.